The molecule has 3 aliphatic heterocycles. The van der Waals surface area contributed by atoms with Gasteiger partial charge in [-0.2, -0.15) is 0 Å². The minimum atomic E-state index is 0.00424. The summed E-state index contributed by atoms with van der Waals surface area (Å²) in [6, 6.07) is 16.5. The number of hydrogen-bond donors (Lipinski definition) is 1. The van der Waals surface area contributed by atoms with E-state index in [1.165, 1.54) is 5.56 Å². The Morgan fingerprint density at radius 3 is 2.62 bits per heavy atom. The summed E-state index contributed by atoms with van der Waals surface area (Å²) in [4.78, 5) is 18.2. The number of ether oxygens (including phenoxy) is 3. The van der Waals surface area contributed by atoms with Gasteiger partial charge in [-0.25, -0.2) is 0 Å². The summed E-state index contributed by atoms with van der Waals surface area (Å²) in [6.07, 6.45) is 1.95. The number of carbonyl (C=O) groups excluding carboxylic acids is 1. The van der Waals surface area contributed by atoms with Gasteiger partial charge in [0.25, 0.3) is 0 Å². The molecule has 0 spiro atoms. The first-order chi connectivity index (χ1) is 16.7. The number of rotatable bonds is 8. The highest BCUT2D eigenvalue weighted by atomic mass is 16.7. The third-order valence-electron chi connectivity index (χ3n) is 7.07. The van der Waals surface area contributed by atoms with Crippen molar-refractivity contribution in [2.45, 2.75) is 19.4 Å². The minimum Gasteiger partial charge on any atom is -0.454 e. The molecule has 5 rings (SSSR count). The number of morpholine rings is 1. The monoisotopic (exact) mass is 465 g/mol. The highest BCUT2D eigenvalue weighted by molar-refractivity contribution is 5.79. The van der Waals surface area contributed by atoms with Gasteiger partial charge in [0.1, 0.15) is 0 Å². The number of amides is 1. The fourth-order valence-corrected chi connectivity index (χ4v) is 5.27. The van der Waals surface area contributed by atoms with Crippen molar-refractivity contribution in [1.29, 1.82) is 0 Å². The van der Waals surface area contributed by atoms with Crippen molar-refractivity contribution in [3.05, 3.63) is 59.7 Å². The number of benzene rings is 2. The van der Waals surface area contributed by atoms with Gasteiger partial charge in [0.2, 0.25) is 12.7 Å². The topological polar surface area (TPSA) is 63.3 Å². The maximum atomic E-state index is 13.2. The van der Waals surface area contributed by atoms with Crippen molar-refractivity contribution in [3.8, 4) is 11.5 Å². The molecular formula is C27H35N3O4. The molecule has 2 aromatic carbocycles. The molecule has 2 fully saturated rings. The quantitative estimate of drug-likeness (QED) is 0.647. The molecule has 1 amide bonds. The van der Waals surface area contributed by atoms with E-state index < -0.39 is 0 Å². The number of nitrogens with one attached hydrogen (secondary N) is 1. The van der Waals surface area contributed by atoms with Crippen LogP contribution in [0.3, 0.4) is 0 Å². The first-order valence-corrected chi connectivity index (χ1v) is 12.5. The SMILES string of the molecule is O=C(NCc1ccc2c(c1)OCO2)[C@@H]1C[C@H](CN2CCOCC2)CN(CCc2ccccc2)C1. The Hall–Kier alpha value is -2.61. The zero-order chi connectivity index (χ0) is 23.2. The third kappa shape index (κ3) is 6.09. The summed E-state index contributed by atoms with van der Waals surface area (Å²) in [5.41, 5.74) is 2.38. The zero-order valence-electron chi connectivity index (χ0n) is 19.8. The Labute approximate surface area is 202 Å². The number of carbonyl (C=O) groups is 1. The molecule has 0 unspecified atom stereocenters. The summed E-state index contributed by atoms with van der Waals surface area (Å²) >= 11 is 0. The van der Waals surface area contributed by atoms with Crippen molar-refractivity contribution in [2.24, 2.45) is 11.8 Å². The van der Waals surface area contributed by atoms with E-state index in [0.717, 1.165) is 82.4 Å². The second kappa shape index (κ2) is 11.2. The van der Waals surface area contributed by atoms with Crippen molar-refractivity contribution >= 4 is 5.91 Å². The molecule has 3 heterocycles. The van der Waals surface area contributed by atoms with Crippen LogP contribution in [0.5, 0.6) is 11.5 Å². The lowest BCUT2D eigenvalue weighted by atomic mass is 9.87. The van der Waals surface area contributed by atoms with Crippen LogP contribution in [-0.4, -0.2) is 75.0 Å². The molecule has 0 radical (unpaired) electrons. The maximum absolute atomic E-state index is 13.2. The standard InChI is InChI=1S/C27H35N3O4/c31-27(28-16-22-6-7-25-26(15-22)34-20-33-25)24-14-23(17-29-10-12-32-13-11-29)18-30(19-24)9-8-21-4-2-1-3-5-21/h1-7,15,23-24H,8-14,16-20H2,(H,28,31)/t23-,24-/m1/s1. The van der Waals surface area contributed by atoms with Crippen LogP contribution in [0.2, 0.25) is 0 Å². The summed E-state index contributed by atoms with van der Waals surface area (Å²) in [6.45, 7) is 8.25. The molecule has 0 bridgehead atoms. The van der Waals surface area contributed by atoms with E-state index in [1.54, 1.807) is 0 Å². The lowest BCUT2D eigenvalue weighted by Crippen LogP contribution is -2.50. The van der Waals surface area contributed by atoms with Gasteiger partial charge in [-0.1, -0.05) is 36.4 Å². The second-order valence-corrected chi connectivity index (χ2v) is 9.61. The first kappa shape index (κ1) is 23.1. The molecule has 2 saturated heterocycles. The molecular weight excluding hydrogens is 430 g/mol. The van der Waals surface area contributed by atoms with E-state index in [4.69, 9.17) is 14.2 Å². The normalized spacial score (nSPS) is 23.1. The summed E-state index contributed by atoms with van der Waals surface area (Å²) in [5, 5.41) is 3.18. The van der Waals surface area contributed by atoms with E-state index in [2.05, 4.69) is 45.4 Å². The van der Waals surface area contributed by atoms with Gasteiger partial charge in [0.15, 0.2) is 11.5 Å². The molecule has 7 heteroatoms. The number of nitrogens with zero attached hydrogens (tertiary/aromatic N) is 2. The van der Waals surface area contributed by atoms with Gasteiger partial charge < -0.3 is 24.4 Å². The van der Waals surface area contributed by atoms with E-state index in [-0.39, 0.29) is 18.6 Å². The third-order valence-corrected chi connectivity index (χ3v) is 7.07. The smallest absolute Gasteiger partial charge is 0.231 e. The summed E-state index contributed by atoms with van der Waals surface area (Å²) in [7, 11) is 0. The Morgan fingerprint density at radius 1 is 0.941 bits per heavy atom. The van der Waals surface area contributed by atoms with Gasteiger partial charge in [0, 0.05) is 45.8 Å². The van der Waals surface area contributed by atoms with Crippen LogP contribution in [0.1, 0.15) is 17.5 Å². The highest BCUT2D eigenvalue weighted by Gasteiger charge is 2.32. The molecule has 7 nitrogen and oxygen atoms in total. The number of fused-ring (bicyclic) bond motifs is 1. The molecule has 3 aliphatic rings. The van der Waals surface area contributed by atoms with Gasteiger partial charge in [-0.15, -0.1) is 0 Å². The lowest BCUT2D eigenvalue weighted by molar-refractivity contribution is -0.127. The van der Waals surface area contributed by atoms with Crippen LogP contribution < -0.4 is 14.8 Å². The molecule has 2 atom stereocenters. The predicted molar refractivity (Wildman–Crippen MR) is 130 cm³/mol. The van der Waals surface area contributed by atoms with Crippen LogP contribution in [0.15, 0.2) is 48.5 Å². The molecule has 0 aliphatic carbocycles. The number of hydrogen-bond acceptors (Lipinski definition) is 6. The highest BCUT2D eigenvalue weighted by Crippen LogP contribution is 2.32. The van der Waals surface area contributed by atoms with E-state index in [1.807, 2.05) is 18.2 Å². The van der Waals surface area contributed by atoms with Crippen LogP contribution in [0.4, 0.5) is 0 Å². The Morgan fingerprint density at radius 2 is 1.76 bits per heavy atom. The number of likely N-dealkylation sites (tertiary alicyclic amines) is 1. The number of piperidine rings is 1. The van der Waals surface area contributed by atoms with Gasteiger partial charge in [-0.05, 0) is 42.0 Å². The van der Waals surface area contributed by atoms with Crippen molar-refractivity contribution < 1.29 is 19.0 Å². The fourth-order valence-electron chi connectivity index (χ4n) is 5.27. The van der Waals surface area contributed by atoms with Crippen molar-refractivity contribution in [2.75, 3.05) is 59.3 Å². The van der Waals surface area contributed by atoms with Crippen LogP contribution in [-0.2, 0) is 22.5 Å². The van der Waals surface area contributed by atoms with Crippen LogP contribution in [0.25, 0.3) is 0 Å². The molecule has 34 heavy (non-hydrogen) atoms. The van der Waals surface area contributed by atoms with Gasteiger partial charge in [0.05, 0.1) is 19.1 Å². The molecule has 2 aromatic rings. The molecule has 1 N–H and O–H groups in total. The molecule has 0 aromatic heterocycles. The Kier molecular flexibility index (Phi) is 7.63. The summed E-state index contributed by atoms with van der Waals surface area (Å²) < 4.78 is 16.4. The second-order valence-electron chi connectivity index (χ2n) is 9.61. The van der Waals surface area contributed by atoms with E-state index in [0.29, 0.717) is 12.5 Å². The largest absolute Gasteiger partial charge is 0.454 e. The van der Waals surface area contributed by atoms with E-state index in [9.17, 15) is 4.79 Å². The Balaban J connectivity index is 1.19. The zero-order valence-corrected chi connectivity index (χ0v) is 19.8. The first-order valence-electron chi connectivity index (χ1n) is 12.5. The van der Waals surface area contributed by atoms with Gasteiger partial charge >= 0.3 is 0 Å². The fraction of sp³-hybridized carbons (Fsp3) is 0.519. The van der Waals surface area contributed by atoms with Crippen LogP contribution in [0, 0.1) is 11.8 Å². The minimum absolute atomic E-state index is 0.00424. The molecule has 0 saturated carbocycles. The molecule has 182 valence electrons. The van der Waals surface area contributed by atoms with E-state index >= 15 is 0 Å². The Bertz CT molecular complexity index is 948. The van der Waals surface area contributed by atoms with Crippen LogP contribution >= 0.6 is 0 Å². The average Bonchev–Trinajstić information content (AvgIpc) is 3.35. The van der Waals surface area contributed by atoms with Crippen molar-refractivity contribution in [1.82, 2.24) is 15.1 Å². The lowest BCUT2D eigenvalue weighted by Gasteiger charge is -2.40. The van der Waals surface area contributed by atoms with Gasteiger partial charge in [-0.3, -0.25) is 9.69 Å². The average molecular weight is 466 g/mol. The predicted octanol–water partition coefficient (Wildman–Crippen LogP) is 2.54. The maximum Gasteiger partial charge on any atom is 0.231 e. The van der Waals surface area contributed by atoms with Crippen molar-refractivity contribution in [3.63, 3.8) is 0 Å². The summed E-state index contributed by atoms with van der Waals surface area (Å²) in [5.74, 6) is 2.16.